The molecule has 0 amide bonds. The van der Waals surface area contributed by atoms with Crippen molar-refractivity contribution in [3.05, 3.63) is 23.3 Å². The van der Waals surface area contributed by atoms with E-state index in [0.29, 0.717) is 0 Å². The second kappa shape index (κ2) is 4.37. The van der Waals surface area contributed by atoms with Gasteiger partial charge >= 0.3 is 0 Å². The van der Waals surface area contributed by atoms with Gasteiger partial charge in [-0.1, -0.05) is 30.2 Å². The molecule has 0 radical (unpaired) electrons. The van der Waals surface area contributed by atoms with E-state index in [2.05, 4.69) is 39.8 Å². The maximum atomic E-state index is 2.22. The molecule has 0 aliphatic heterocycles. The van der Waals surface area contributed by atoms with Crippen LogP contribution in [-0.4, -0.2) is 0 Å². The Labute approximate surface area is 58.3 Å². The van der Waals surface area contributed by atoms with Gasteiger partial charge in [0.05, 0.1) is 0 Å². The third-order valence-electron chi connectivity index (χ3n) is 1.49. The predicted molar refractivity (Wildman–Crippen MR) is 43.5 cm³/mol. The van der Waals surface area contributed by atoms with Crippen LogP contribution in [0.4, 0.5) is 0 Å². The summed E-state index contributed by atoms with van der Waals surface area (Å²) < 4.78 is 0. The lowest BCUT2D eigenvalue weighted by Gasteiger charge is -1.93. The van der Waals surface area contributed by atoms with Gasteiger partial charge in [-0.05, 0) is 27.2 Å². The van der Waals surface area contributed by atoms with E-state index in [-0.39, 0.29) is 0 Å². The Bertz CT molecular complexity index is 127. The summed E-state index contributed by atoms with van der Waals surface area (Å²) in [6.07, 6.45) is 5.50. The smallest absolute Gasteiger partial charge is 0.0348 e. The fourth-order valence-corrected chi connectivity index (χ4v) is 0.574. The molecular weight excluding hydrogens is 108 g/mol. The largest absolute Gasteiger partial charge is 0.0847 e. The van der Waals surface area contributed by atoms with Crippen molar-refractivity contribution in [2.45, 2.75) is 34.1 Å². The molecule has 0 saturated carbocycles. The average molecular weight is 124 g/mol. The van der Waals surface area contributed by atoms with Crippen LogP contribution in [0.25, 0.3) is 0 Å². The Kier molecular flexibility index (Phi) is 4.12. The van der Waals surface area contributed by atoms with E-state index >= 15 is 0 Å². The fraction of sp³-hybridized carbons (Fsp3) is 0.556. The molecule has 0 nitrogen and oxygen atoms in total. The van der Waals surface area contributed by atoms with Crippen molar-refractivity contribution in [3.8, 4) is 0 Å². The Balaban J connectivity index is 3.95. The Hall–Kier alpha value is -0.520. The Morgan fingerprint density at radius 1 is 1.33 bits per heavy atom. The van der Waals surface area contributed by atoms with Crippen molar-refractivity contribution < 1.29 is 0 Å². The lowest BCUT2D eigenvalue weighted by atomic mass is 10.1. The van der Waals surface area contributed by atoms with E-state index in [1.165, 1.54) is 11.1 Å². The maximum Gasteiger partial charge on any atom is -0.0348 e. The van der Waals surface area contributed by atoms with Gasteiger partial charge in [0.15, 0.2) is 0 Å². The lowest BCUT2D eigenvalue weighted by molar-refractivity contribution is 1.09. The Morgan fingerprint density at radius 2 is 1.89 bits per heavy atom. The van der Waals surface area contributed by atoms with E-state index in [4.69, 9.17) is 0 Å². The fourth-order valence-electron chi connectivity index (χ4n) is 0.574. The van der Waals surface area contributed by atoms with Gasteiger partial charge in [-0.3, -0.25) is 0 Å². The van der Waals surface area contributed by atoms with Gasteiger partial charge < -0.3 is 0 Å². The highest BCUT2D eigenvalue weighted by Crippen LogP contribution is 2.03. The summed E-state index contributed by atoms with van der Waals surface area (Å²) in [6.45, 7) is 8.52. The zero-order valence-corrected chi connectivity index (χ0v) is 6.86. The van der Waals surface area contributed by atoms with E-state index in [9.17, 15) is 0 Å². The van der Waals surface area contributed by atoms with Crippen molar-refractivity contribution in [1.82, 2.24) is 0 Å². The van der Waals surface area contributed by atoms with Gasteiger partial charge in [0, 0.05) is 0 Å². The zero-order valence-electron chi connectivity index (χ0n) is 6.86. The van der Waals surface area contributed by atoms with Crippen molar-refractivity contribution >= 4 is 0 Å². The lowest BCUT2D eigenvalue weighted by Crippen LogP contribution is -1.72. The third kappa shape index (κ3) is 4.01. The molecule has 0 heterocycles. The molecule has 0 unspecified atom stereocenters. The molecular formula is C9H16. The van der Waals surface area contributed by atoms with Gasteiger partial charge in [-0.15, -0.1) is 0 Å². The van der Waals surface area contributed by atoms with Crippen LogP contribution in [0.1, 0.15) is 34.1 Å². The van der Waals surface area contributed by atoms with Gasteiger partial charge in [-0.25, -0.2) is 0 Å². The van der Waals surface area contributed by atoms with Crippen LogP contribution < -0.4 is 0 Å². The summed E-state index contributed by atoms with van der Waals surface area (Å²) in [5, 5.41) is 0. The number of hydrogen-bond donors (Lipinski definition) is 0. The van der Waals surface area contributed by atoms with E-state index in [1.807, 2.05) is 0 Å². The summed E-state index contributed by atoms with van der Waals surface area (Å²) in [4.78, 5) is 0. The van der Waals surface area contributed by atoms with Crippen LogP contribution in [0, 0.1) is 0 Å². The molecule has 0 aliphatic rings. The molecule has 0 fully saturated rings. The summed E-state index contributed by atoms with van der Waals surface area (Å²) >= 11 is 0. The SMILES string of the molecule is C/C=C(C)\C=C(\C)CC. The standard InChI is InChI=1S/C9H16/c1-5-8(3)7-9(4)6-2/h5,7H,6H2,1-4H3/b8-5-,9-7-. The summed E-state index contributed by atoms with van der Waals surface area (Å²) in [5.74, 6) is 0. The molecule has 0 heteroatoms. The van der Waals surface area contributed by atoms with Crippen LogP contribution in [0.15, 0.2) is 23.3 Å². The molecule has 0 atom stereocenters. The van der Waals surface area contributed by atoms with Crippen LogP contribution in [-0.2, 0) is 0 Å². The summed E-state index contributed by atoms with van der Waals surface area (Å²) in [5.41, 5.74) is 2.81. The van der Waals surface area contributed by atoms with E-state index in [0.717, 1.165) is 6.42 Å². The molecule has 0 N–H and O–H groups in total. The first kappa shape index (κ1) is 8.48. The quantitative estimate of drug-likeness (QED) is 0.495. The van der Waals surface area contributed by atoms with Crippen LogP contribution >= 0.6 is 0 Å². The van der Waals surface area contributed by atoms with Crippen LogP contribution in [0.5, 0.6) is 0 Å². The highest BCUT2D eigenvalue weighted by atomic mass is 13.9. The number of hydrogen-bond acceptors (Lipinski definition) is 0. The number of allylic oxidation sites excluding steroid dienone is 4. The number of rotatable bonds is 2. The second-order valence-corrected chi connectivity index (χ2v) is 2.38. The van der Waals surface area contributed by atoms with Gasteiger partial charge in [-0.2, -0.15) is 0 Å². The average Bonchev–Trinajstić information content (AvgIpc) is 1.87. The van der Waals surface area contributed by atoms with Crippen molar-refractivity contribution in [3.63, 3.8) is 0 Å². The predicted octanol–water partition coefficient (Wildman–Crippen LogP) is 3.31. The summed E-state index contributed by atoms with van der Waals surface area (Å²) in [7, 11) is 0. The first-order valence-electron chi connectivity index (χ1n) is 3.50. The second-order valence-electron chi connectivity index (χ2n) is 2.38. The highest BCUT2D eigenvalue weighted by molar-refractivity contribution is 5.19. The third-order valence-corrected chi connectivity index (χ3v) is 1.49. The monoisotopic (exact) mass is 124 g/mol. The van der Waals surface area contributed by atoms with Gasteiger partial charge in [0.2, 0.25) is 0 Å². The minimum atomic E-state index is 1.16. The highest BCUT2D eigenvalue weighted by Gasteiger charge is 1.82. The molecule has 52 valence electrons. The van der Waals surface area contributed by atoms with Crippen molar-refractivity contribution in [2.24, 2.45) is 0 Å². The first-order chi connectivity index (χ1) is 4.20. The molecule has 0 spiro atoms. The molecule has 0 aromatic rings. The molecule has 0 rings (SSSR count). The zero-order chi connectivity index (χ0) is 7.28. The molecule has 0 aliphatic carbocycles. The molecule has 0 bridgehead atoms. The van der Waals surface area contributed by atoms with Gasteiger partial charge in [0.25, 0.3) is 0 Å². The van der Waals surface area contributed by atoms with Crippen molar-refractivity contribution in [1.29, 1.82) is 0 Å². The van der Waals surface area contributed by atoms with E-state index < -0.39 is 0 Å². The minimum absolute atomic E-state index is 1.16. The van der Waals surface area contributed by atoms with Crippen LogP contribution in [0.3, 0.4) is 0 Å². The topological polar surface area (TPSA) is 0 Å². The van der Waals surface area contributed by atoms with E-state index in [1.54, 1.807) is 0 Å². The molecule has 0 aromatic carbocycles. The molecule has 9 heavy (non-hydrogen) atoms. The van der Waals surface area contributed by atoms with Gasteiger partial charge in [0.1, 0.15) is 0 Å². The van der Waals surface area contributed by atoms with Crippen molar-refractivity contribution in [2.75, 3.05) is 0 Å². The molecule has 0 aromatic heterocycles. The first-order valence-corrected chi connectivity index (χ1v) is 3.50. The normalized spacial score (nSPS) is 14.2. The summed E-state index contributed by atoms with van der Waals surface area (Å²) in [6, 6.07) is 0. The maximum absolute atomic E-state index is 2.22. The Morgan fingerprint density at radius 3 is 2.22 bits per heavy atom. The molecule has 0 saturated heterocycles. The minimum Gasteiger partial charge on any atom is -0.0847 e. The van der Waals surface area contributed by atoms with Crippen LogP contribution in [0.2, 0.25) is 0 Å².